The molecule has 1 saturated heterocycles. The fraction of sp³-hybridized carbons (Fsp3) is 1.00. The van der Waals surface area contributed by atoms with Crippen molar-refractivity contribution in [3.63, 3.8) is 0 Å². The SMILES string of the molecule is CCCCCCC(CCCCCC)C1OCCCO1. The minimum atomic E-state index is 0.0944. The van der Waals surface area contributed by atoms with Gasteiger partial charge < -0.3 is 9.47 Å². The fourth-order valence-corrected chi connectivity index (χ4v) is 2.86. The van der Waals surface area contributed by atoms with E-state index in [-0.39, 0.29) is 6.29 Å². The second kappa shape index (κ2) is 11.7. The van der Waals surface area contributed by atoms with Crippen LogP contribution in [-0.2, 0) is 9.47 Å². The third-order valence-corrected chi connectivity index (χ3v) is 4.09. The van der Waals surface area contributed by atoms with Gasteiger partial charge in [0, 0.05) is 5.92 Å². The highest BCUT2D eigenvalue weighted by atomic mass is 16.7. The van der Waals surface area contributed by atoms with Gasteiger partial charge in [-0.1, -0.05) is 65.2 Å². The number of unbranched alkanes of at least 4 members (excludes halogenated alkanes) is 6. The highest BCUT2D eigenvalue weighted by molar-refractivity contribution is 4.67. The second-order valence-electron chi connectivity index (χ2n) is 5.92. The molecule has 0 aromatic heterocycles. The number of hydrogen-bond acceptors (Lipinski definition) is 2. The first kappa shape index (κ1) is 17.0. The van der Waals surface area contributed by atoms with Crippen LogP contribution in [0.25, 0.3) is 0 Å². The molecule has 0 atom stereocenters. The predicted octanol–water partition coefficient (Wildman–Crippen LogP) is 5.31. The van der Waals surface area contributed by atoms with Gasteiger partial charge in [0.15, 0.2) is 6.29 Å². The van der Waals surface area contributed by atoms with E-state index < -0.39 is 0 Å². The van der Waals surface area contributed by atoms with E-state index in [0.717, 1.165) is 19.6 Å². The quantitative estimate of drug-likeness (QED) is 0.474. The number of ether oxygens (including phenoxy) is 2. The normalized spacial score (nSPS) is 17.2. The maximum Gasteiger partial charge on any atom is 0.160 e. The average molecular weight is 270 g/mol. The van der Waals surface area contributed by atoms with E-state index in [4.69, 9.17) is 9.47 Å². The zero-order valence-corrected chi connectivity index (χ0v) is 13.2. The van der Waals surface area contributed by atoms with Crippen LogP contribution in [0, 0.1) is 5.92 Å². The van der Waals surface area contributed by atoms with Gasteiger partial charge in [0.05, 0.1) is 13.2 Å². The lowest BCUT2D eigenvalue weighted by Crippen LogP contribution is -2.32. The van der Waals surface area contributed by atoms with Crippen molar-refractivity contribution >= 4 is 0 Å². The first-order chi connectivity index (χ1) is 9.38. The molecular weight excluding hydrogens is 236 g/mol. The molecule has 0 aromatic rings. The largest absolute Gasteiger partial charge is 0.352 e. The maximum absolute atomic E-state index is 5.83. The highest BCUT2D eigenvalue weighted by Crippen LogP contribution is 2.26. The molecule has 0 N–H and O–H groups in total. The van der Waals surface area contributed by atoms with Crippen molar-refractivity contribution in [2.45, 2.75) is 90.8 Å². The molecule has 1 aliphatic heterocycles. The molecule has 0 amide bonds. The van der Waals surface area contributed by atoms with Gasteiger partial charge in [0.2, 0.25) is 0 Å². The molecule has 1 aliphatic rings. The minimum absolute atomic E-state index is 0.0944. The topological polar surface area (TPSA) is 18.5 Å². The van der Waals surface area contributed by atoms with E-state index in [1.165, 1.54) is 64.2 Å². The van der Waals surface area contributed by atoms with Gasteiger partial charge in [-0.05, 0) is 19.3 Å². The van der Waals surface area contributed by atoms with Crippen molar-refractivity contribution in [3.05, 3.63) is 0 Å². The van der Waals surface area contributed by atoms with Gasteiger partial charge in [-0.15, -0.1) is 0 Å². The molecule has 0 bridgehead atoms. The van der Waals surface area contributed by atoms with Crippen molar-refractivity contribution in [2.75, 3.05) is 13.2 Å². The lowest BCUT2D eigenvalue weighted by atomic mass is 9.93. The third-order valence-electron chi connectivity index (χ3n) is 4.09. The van der Waals surface area contributed by atoms with E-state index in [1.807, 2.05) is 0 Å². The summed E-state index contributed by atoms with van der Waals surface area (Å²) in [7, 11) is 0. The summed E-state index contributed by atoms with van der Waals surface area (Å²) in [5.74, 6) is 0.633. The van der Waals surface area contributed by atoms with E-state index in [9.17, 15) is 0 Å². The molecule has 1 heterocycles. The highest BCUT2D eigenvalue weighted by Gasteiger charge is 2.24. The zero-order chi connectivity index (χ0) is 13.8. The Labute approximate surface area is 120 Å². The summed E-state index contributed by atoms with van der Waals surface area (Å²) in [6.07, 6.45) is 14.5. The molecule has 1 fully saturated rings. The third kappa shape index (κ3) is 7.94. The van der Waals surface area contributed by atoms with Gasteiger partial charge in [-0.25, -0.2) is 0 Å². The molecule has 0 unspecified atom stereocenters. The number of rotatable bonds is 11. The first-order valence-electron chi connectivity index (χ1n) is 8.61. The molecule has 19 heavy (non-hydrogen) atoms. The maximum atomic E-state index is 5.83. The molecule has 0 aliphatic carbocycles. The molecular formula is C17H34O2. The van der Waals surface area contributed by atoms with Crippen molar-refractivity contribution in [2.24, 2.45) is 5.92 Å². The van der Waals surface area contributed by atoms with Crippen LogP contribution in [-0.4, -0.2) is 19.5 Å². The molecule has 0 saturated carbocycles. The van der Waals surface area contributed by atoms with Crippen LogP contribution < -0.4 is 0 Å². The Hall–Kier alpha value is -0.0800. The van der Waals surface area contributed by atoms with E-state index >= 15 is 0 Å². The van der Waals surface area contributed by atoms with Crippen LogP contribution >= 0.6 is 0 Å². The summed E-state index contributed by atoms with van der Waals surface area (Å²) in [5.41, 5.74) is 0. The summed E-state index contributed by atoms with van der Waals surface area (Å²) in [6, 6.07) is 0. The smallest absolute Gasteiger partial charge is 0.160 e. The van der Waals surface area contributed by atoms with Gasteiger partial charge in [0.25, 0.3) is 0 Å². The summed E-state index contributed by atoms with van der Waals surface area (Å²) in [5, 5.41) is 0. The Morgan fingerprint density at radius 3 is 1.79 bits per heavy atom. The van der Waals surface area contributed by atoms with Gasteiger partial charge in [-0.2, -0.15) is 0 Å². The molecule has 1 rings (SSSR count). The van der Waals surface area contributed by atoms with Crippen molar-refractivity contribution < 1.29 is 9.47 Å². The van der Waals surface area contributed by atoms with E-state index in [1.54, 1.807) is 0 Å². The molecule has 2 heteroatoms. The fourth-order valence-electron chi connectivity index (χ4n) is 2.86. The molecule has 0 radical (unpaired) electrons. The average Bonchev–Trinajstić information content (AvgIpc) is 2.46. The van der Waals surface area contributed by atoms with Crippen LogP contribution in [0.1, 0.15) is 84.5 Å². The first-order valence-corrected chi connectivity index (χ1v) is 8.61. The van der Waals surface area contributed by atoms with Crippen LogP contribution in [0.3, 0.4) is 0 Å². The second-order valence-corrected chi connectivity index (χ2v) is 5.92. The Kier molecular flexibility index (Phi) is 10.5. The Bertz CT molecular complexity index is 176. The van der Waals surface area contributed by atoms with E-state index in [2.05, 4.69) is 13.8 Å². The summed E-state index contributed by atoms with van der Waals surface area (Å²) in [6.45, 7) is 6.33. The molecule has 0 spiro atoms. The monoisotopic (exact) mass is 270 g/mol. The molecule has 114 valence electrons. The Morgan fingerprint density at radius 1 is 0.789 bits per heavy atom. The van der Waals surface area contributed by atoms with Crippen molar-refractivity contribution in [1.29, 1.82) is 0 Å². The van der Waals surface area contributed by atoms with Crippen LogP contribution in [0.4, 0.5) is 0 Å². The van der Waals surface area contributed by atoms with Crippen LogP contribution in [0.15, 0.2) is 0 Å². The van der Waals surface area contributed by atoms with Gasteiger partial charge in [-0.3, -0.25) is 0 Å². The van der Waals surface area contributed by atoms with Crippen LogP contribution in [0.2, 0.25) is 0 Å². The Morgan fingerprint density at radius 2 is 1.32 bits per heavy atom. The van der Waals surface area contributed by atoms with Crippen molar-refractivity contribution in [3.8, 4) is 0 Å². The zero-order valence-electron chi connectivity index (χ0n) is 13.2. The van der Waals surface area contributed by atoms with Crippen LogP contribution in [0.5, 0.6) is 0 Å². The lowest BCUT2D eigenvalue weighted by Gasteiger charge is -2.30. The number of hydrogen-bond donors (Lipinski definition) is 0. The van der Waals surface area contributed by atoms with Crippen molar-refractivity contribution in [1.82, 2.24) is 0 Å². The van der Waals surface area contributed by atoms with Gasteiger partial charge in [0.1, 0.15) is 0 Å². The molecule has 2 nitrogen and oxygen atoms in total. The van der Waals surface area contributed by atoms with Gasteiger partial charge >= 0.3 is 0 Å². The standard InChI is InChI=1S/C17H34O2/c1-3-5-7-9-12-16(13-10-8-6-4-2)17-18-14-11-15-19-17/h16-17H,3-15H2,1-2H3. The summed E-state index contributed by atoms with van der Waals surface area (Å²) in [4.78, 5) is 0. The molecule has 0 aromatic carbocycles. The Balaban J connectivity index is 2.24. The minimum Gasteiger partial charge on any atom is -0.352 e. The lowest BCUT2D eigenvalue weighted by molar-refractivity contribution is -0.207. The van der Waals surface area contributed by atoms with E-state index in [0.29, 0.717) is 5.92 Å². The predicted molar refractivity (Wildman–Crippen MR) is 81.3 cm³/mol. The summed E-state index contributed by atoms with van der Waals surface area (Å²) >= 11 is 0. The summed E-state index contributed by atoms with van der Waals surface area (Å²) < 4.78 is 11.7.